The summed E-state index contributed by atoms with van der Waals surface area (Å²) in [6.45, 7) is 4.71. The van der Waals surface area contributed by atoms with Crippen LogP contribution in [0.1, 0.15) is 34.8 Å². The third-order valence-corrected chi connectivity index (χ3v) is 5.01. The van der Waals surface area contributed by atoms with Crippen LogP contribution in [0.3, 0.4) is 0 Å². The molecule has 1 N–H and O–H groups in total. The van der Waals surface area contributed by atoms with Gasteiger partial charge in [-0.25, -0.2) is 10.1 Å². The highest BCUT2D eigenvalue weighted by molar-refractivity contribution is 5.95. The molecule has 0 atom stereocenters. The Hall–Kier alpha value is -4.19. The van der Waals surface area contributed by atoms with Gasteiger partial charge in [-0.05, 0) is 61.9 Å². The van der Waals surface area contributed by atoms with E-state index in [9.17, 15) is 4.79 Å². The summed E-state index contributed by atoms with van der Waals surface area (Å²) in [5.74, 6) is 0.563. The van der Waals surface area contributed by atoms with Gasteiger partial charge >= 0.3 is 0 Å². The number of hydrazone groups is 1. The van der Waals surface area contributed by atoms with Gasteiger partial charge in [0.25, 0.3) is 5.91 Å². The van der Waals surface area contributed by atoms with E-state index in [1.807, 2.05) is 85.9 Å². The number of aromatic nitrogens is 2. The molecule has 1 aromatic heterocycles. The number of amides is 1. The third kappa shape index (κ3) is 5.54. The Balaban J connectivity index is 1.61. The van der Waals surface area contributed by atoms with Crippen molar-refractivity contribution in [3.8, 4) is 22.7 Å². The maximum atomic E-state index is 12.4. The minimum Gasteiger partial charge on any atom is -0.494 e. The van der Waals surface area contributed by atoms with Gasteiger partial charge in [0.2, 0.25) is 0 Å². The number of carbonyl (C=O) groups is 1. The highest BCUT2D eigenvalue weighted by Crippen LogP contribution is 2.25. The van der Waals surface area contributed by atoms with E-state index in [2.05, 4.69) is 17.5 Å². The molecule has 0 saturated carbocycles. The molecular formula is C27H26N4O2. The van der Waals surface area contributed by atoms with Crippen molar-refractivity contribution in [2.75, 3.05) is 6.61 Å². The van der Waals surface area contributed by atoms with E-state index in [0.717, 1.165) is 40.2 Å². The number of rotatable bonds is 8. The summed E-state index contributed by atoms with van der Waals surface area (Å²) in [5.41, 5.74) is 7.60. The number of para-hydroxylation sites is 1. The first-order chi connectivity index (χ1) is 16.1. The molecule has 6 heteroatoms. The van der Waals surface area contributed by atoms with Crippen molar-refractivity contribution in [3.05, 3.63) is 102 Å². The Labute approximate surface area is 193 Å². The molecule has 0 bridgehead atoms. The molecule has 0 unspecified atom stereocenters. The molecule has 0 aliphatic carbocycles. The first-order valence-electron chi connectivity index (χ1n) is 10.9. The minimum atomic E-state index is -0.260. The van der Waals surface area contributed by atoms with Crippen molar-refractivity contribution in [1.29, 1.82) is 0 Å². The van der Waals surface area contributed by atoms with Gasteiger partial charge in [0.1, 0.15) is 11.4 Å². The molecule has 0 aliphatic rings. The standard InChI is InChI=1S/C27H26N4O2/c1-3-16-33-25-14-12-21(13-15-25)26-23(19-31(30-26)24-10-5-4-6-11-24)18-28-29-27(32)22-9-7-8-20(2)17-22/h4-15,17-19H,3,16H2,1-2H3,(H,29,32). The van der Waals surface area contributed by atoms with Crippen LogP contribution in [0.4, 0.5) is 0 Å². The molecule has 0 radical (unpaired) electrons. The second kappa shape index (κ2) is 10.4. The smallest absolute Gasteiger partial charge is 0.271 e. The molecule has 1 amide bonds. The minimum absolute atomic E-state index is 0.260. The maximum Gasteiger partial charge on any atom is 0.271 e. The predicted octanol–water partition coefficient (Wildman–Crippen LogP) is 5.40. The highest BCUT2D eigenvalue weighted by atomic mass is 16.5. The molecule has 1 heterocycles. The van der Waals surface area contributed by atoms with E-state index < -0.39 is 0 Å². The van der Waals surface area contributed by atoms with Gasteiger partial charge in [-0.1, -0.05) is 42.8 Å². The van der Waals surface area contributed by atoms with E-state index in [0.29, 0.717) is 12.2 Å². The van der Waals surface area contributed by atoms with Crippen LogP contribution in [0.15, 0.2) is 90.2 Å². The number of ether oxygens (including phenoxy) is 1. The van der Waals surface area contributed by atoms with Crippen molar-refractivity contribution in [2.45, 2.75) is 20.3 Å². The van der Waals surface area contributed by atoms with E-state index in [1.54, 1.807) is 17.0 Å². The molecule has 33 heavy (non-hydrogen) atoms. The first-order valence-corrected chi connectivity index (χ1v) is 10.9. The van der Waals surface area contributed by atoms with Crippen LogP contribution >= 0.6 is 0 Å². The monoisotopic (exact) mass is 438 g/mol. The SMILES string of the molecule is CCCOc1ccc(-c2nn(-c3ccccc3)cc2C=NNC(=O)c2cccc(C)c2)cc1. The van der Waals surface area contributed by atoms with Gasteiger partial charge in [0.15, 0.2) is 0 Å². The Morgan fingerprint density at radius 2 is 1.85 bits per heavy atom. The number of carbonyl (C=O) groups excluding carboxylic acids is 1. The fourth-order valence-corrected chi connectivity index (χ4v) is 3.36. The number of aryl methyl sites for hydroxylation is 1. The largest absolute Gasteiger partial charge is 0.494 e. The predicted molar refractivity (Wildman–Crippen MR) is 131 cm³/mol. The summed E-state index contributed by atoms with van der Waals surface area (Å²) in [6, 6.07) is 25.1. The normalized spacial score (nSPS) is 11.0. The van der Waals surface area contributed by atoms with Gasteiger partial charge in [0.05, 0.1) is 18.5 Å². The lowest BCUT2D eigenvalue weighted by molar-refractivity contribution is 0.0955. The number of nitrogens with zero attached hydrogens (tertiary/aromatic N) is 3. The zero-order valence-electron chi connectivity index (χ0n) is 18.7. The summed E-state index contributed by atoms with van der Waals surface area (Å²) in [4.78, 5) is 12.4. The lowest BCUT2D eigenvalue weighted by Crippen LogP contribution is -2.17. The average molecular weight is 439 g/mol. The van der Waals surface area contributed by atoms with Crippen LogP contribution in [-0.4, -0.2) is 28.5 Å². The topological polar surface area (TPSA) is 68.5 Å². The summed E-state index contributed by atoms with van der Waals surface area (Å²) >= 11 is 0. The van der Waals surface area contributed by atoms with Crippen LogP contribution < -0.4 is 10.2 Å². The van der Waals surface area contributed by atoms with Crippen molar-refractivity contribution in [3.63, 3.8) is 0 Å². The molecule has 3 aromatic carbocycles. The Bertz CT molecular complexity index is 1240. The lowest BCUT2D eigenvalue weighted by Gasteiger charge is -2.05. The number of hydrogen-bond acceptors (Lipinski definition) is 4. The fourth-order valence-electron chi connectivity index (χ4n) is 3.36. The number of benzene rings is 3. The van der Waals surface area contributed by atoms with Crippen LogP contribution in [0.2, 0.25) is 0 Å². The van der Waals surface area contributed by atoms with Gasteiger partial charge in [-0.15, -0.1) is 0 Å². The van der Waals surface area contributed by atoms with Crippen LogP contribution in [-0.2, 0) is 0 Å². The van der Waals surface area contributed by atoms with Gasteiger partial charge in [-0.2, -0.15) is 10.2 Å². The van der Waals surface area contributed by atoms with E-state index in [4.69, 9.17) is 9.84 Å². The molecule has 0 saturated heterocycles. The molecule has 0 fully saturated rings. The number of nitrogens with one attached hydrogen (secondary N) is 1. The summed E-state index contributed by atoms with van der Waals surface area (Å²) in [6.07, 6.45) is 4.48. The van der Waals surface area contributed by atoms with Gasteiger partial charge in [0, 0.05) is 22.9 Å². The Morgan fingerprint density at radius 1 is 1.06 bits per heavy atom. The fraction of sp³-hybridized carbons (Fsp3) is 0.148. The maximum absolute atomic E-state index is 12.4. The first kappa shape index (κ1) is 22.0. The van der Waals surface area contributed by atoms with Crippen molar-refractivity contribution >= 4 is 12.1 Å². The van der Waals surface area contributed by atoms with Gasteiger partial charge < -0.3 is 4.74 Å². The molecular weight excluding hydrogens is 412 g/mol. The van der Waals surface area contributed by atoms with E-state index in [1.165, 1.54) is 0 Å². The zero-order valence-corrected chi connectivity index (χ0v) is 18.7. The molecule has 0 spiro atoms. The molecule has 6 nitrogen and oxygen atoms in total. The molecule has 4 rings (SSSR count). The van der Waals surface area contributed by atoms with Crippen molar-refractivity contribution < 1.29 is 9.53 Å². The van der Waals surface area contributed by atoms with Crippen molar-refractivity contribution in [2.24, 2.45) is 5.10 Å². The van der Waals surface area contributed by atoms with Crippen LogP contribution in [0, 0.1) is 6.92 Å². The zero-order chi connectivity index (χ0) is 23.0. The number of hydrogen-bond donors (Lipinski definition) is 1. The summed E-state index contributed by atoms with van der Waals surface area (Å²) in [7, 11) is 0. The Kier molecular flexibility index (Phi) is 6.95. The second-order valence-electron chi connectivity index (χ2n) is 7.65. The second-order valence-corrected chi connectivity index (χ2v) is 7.65. The molecule has 166 valence electrons. The summed E-state index contributed by atoms with van der Waals surface area (Å²) in [5, 5.41) is 8.98. The average Bonchev–Trinajstić information content (AvgIpc) is 3.28. The van der Waals surface area contributed by atoms with Crippen LogP contribution in [0.5, 0.6) is 5.75 Å². The van der Waals surface area contributed by atoms with E-state index in [-0.39, 0.29) is 5.91 Å². The quantitative estimate of drug-likeness (QED) is 0.296. The molecule has 4 aromatic rings. The lowest BCUT2D eigenvalue weighted by atomic mass is 10.1. The van der Waals surface area contributed by atoms with E-state index >= 15 is 0 Å². The Morgan fingerprint density at radius 3 is 2.58 bits per heavy atom. The molecule has 0 aliphatic heterocycles. The van der Waals surface area contributed by atoms with Crippen LogP contribution in [0.25, 0.3) is 16.9 Å². The highest BCUT2D eigenvalue weighted by Gasteiger charge is 2.12. The third-order valence-electron chi connectivity index (χ3n) is 5.01. The summed E-state index contributed by atoms with van der Waals surface area (Å²) < 4.78 is 7.50. The van der Waals surface area contributed by atoms with Gasteiger partial charge in [-0.3, -0.25) is 4.79 Å². The van der Waals surface area contributed by atoms with Crippen molar-refractivity contribution in [1.82, 2.24) is 15.2 Å².